The van der Waals surface area contributed by atoms with Crippen molar-refractivity contribution in [3.8, 4) is 5.75 Å². The Bertz CT molecular complexity index is 986. The number of hydrogen-bond acceptors (Lipinski definition) is 4. The maximum Gasteiger partial charge on any atom is 0.271 e. The third-order valence-corrected chi connectivity index (χ3v) is 4.88. The molecule has 0 radical (unpaired) electrons. The summed E-state index contributed by atoms with van der Waals surface area (Å²) >= 11 is 0. The second-order valence-corrected chi connectivity index (χ2v) is 6.81. The highest BCUT2D eigenvalue weighted by Crippen LogP contribution is 2.24. The zero-order valence-electron chi connectivity index (χ0n) is 16.2. The molecule has 3 aromatic rings. The molecule has 1 aliphatic rings. The molecule has 0 aliphatic carbocycles. The molecule has 4 rings (SSSR count). The molecule has 0 aromatic heterocycles. The van der Waals surface area contributed by atoms with E-state index < -0.39 is 6.10 Å². The van der Waals surface area contributed by atoms with Gasteiger partial charge in [-0.25, -0.2) is 0 Å². The summed E-state index contributed by atoms with van der Waals surface area (Å²) in [7, 11) is 1.63. The Hall–Kier alpha value is -3.60. The van der Waals surface area contributed by atoms with Crippen molar-refractivity contribution in [2.75, 3.05) is 12.0 Å². The van der Waals surface area contributed by atoms with Crippen molar-refractivity contribution in [2.45, 2.75) is 19.1 Å². The molecular weight excluding hydrogens is 364 g/mol. The summed E-state index contributed by atoms with van der Waals surface area (Å²) in [6.45, 7) is 0.474. The van der Waals surface area contributed by atoms with Crippen LogP contribution in [0, 0.1) is 0 Å². The van der Waals surface area contributed by atoms with Crippen molar-refractivity contribution in [1.82, 2.24) is 0 Å². The maximum absolute atomic E-state index is 13.3. The summed E-state index contributed by atoms with van der Waals surface area (Å²) in [5, 5.41) is 4.18. The van der Waals surface area contributed by atoms with E-state index in [9.17, 15) is 4.79 Å². The number of carbonyl (C=O) groups is 1. The van der Waals surface area contributed by atoms with Gasteiger partial charge in [-0.15, -0.1) is 0 Å². The molecule has 5 nitrogen and oxygen atoms in total. The van der Waals surface area contributed by atoms with E-state index in [4.69, 9.17) is 9.57 Å². The van der Waals surface area contributed by atoms with Gasteiger partial charge in [-0.2, -0.15) is 0 Å². The first-order valence-electron chi connectivity index (χ1n) is 9.52. The van der Waals surface area contributed by atoms with E-state index in [2.05, 4.69) is 5.16 Å². The second kappa shape index (κ2) is 8.61. The Labute approximate surface area is 170 Å². The Morgan fingerprint density at radius 3 is 2.31 bits per heavy atom. The van der Waals surface area contributed by atoms with Crippen LogP contribution in [0.25, 0.3) is 0 Å². The minimum atomic E-state index is -0.643. The molecule has 0 saturated carbocycles. The minimum absolute atomic E-state index is 0.104. The number of rotatable bonds is 6. The molecule has 0 N–H and O–H groups in total. The monoisotopic (exact) mass is 386 g/mol. The maximum atomic E-state index is 13.3. The fraction of sp³-hybridized carbons (Fsp3) is 0.167. The van der Waals surface area contributed by atoms with E-state index in [1.807, 2.05) is 84.9 Å². The lowest BCUT2D eigenvalue weighted by Gasteiger charge is -2.25. The van der Waals surface area contributed by atoms with Crippen LogP contribution in [-0.4, -0.2) is 24.8 Å². The van der Waals surface area contributed by atoms with Gasteiger partial charge < -0.3 is 14.5 Å². The van der Waals surface area contributed by atoms with E-state index in [0.717, 1.165) is 28.3 Å². The SMILES string of the molecule is COc1ccc(C2=NOC(C(=O)N(Cc3ccccc3)c3ccccc3)C2)cc1. The number of nitrogens with zero attached hydrogens (tertiary/aromatic N) is 2. The van der Waals surface area contributed by atoms with Crippen molar-refractivity contribution in [2.24, 2.45) is 5.16 Å². The van der Waals surface area contributed by atoms with Gasteiger partial charge in [-0.05, 0) is 47.5 Å². The molecule has 1 atom stereocenters. The fourth-order valence-corrected chi connectivity index (χ4v) is 3.31. The summed E-state index contributed by atoms with van der Waals surface area (Å²) < 4.78 is 5.20. The number of para-hydroxylation sites is 1. The molecule has 5 heteroatoms. The van der Waals surface area contributed by atoms with Gasteiger partial charge in [-0.3, -0.25) is 4.79 Å². The molecule has 0 fully saturated rings. The van der Waals surface area contributed by atoms with Crippen LogP contribution in [0.1, 0.15) is 17.5 Å². The predicted octanol–water partition coefficient (Wildman–Crippen LogP) is 4.42. The van der Waals surface area contributed by atoms with Crippen LogP contribution < -0.4 is 9.64 Å². The van der Waals surface area contributed by atoms with Gasteiger partial charge in [0, 0.05) is 12.1 Å². The van der Waals surface area contributed by atoms with E-state index in [0.29, 0.717) is 13.0 Å². The zero-order valence-corrected chi connectivity index (χ0v) is 16.2. The van der Waals surface area contributed by atoms with Gasteiger partial charge in [0.25, 0.3) is 5.91 Å². The van der Waals surface area contributed by atoms with Gasteiger partial charge in [0.2, 0.25) is 6.10 Å². The zero-order chi connectivity index (χ0) is 20.1. The largest absolute Gasteiger partial charge is 0.497 e. The smallest absolute Gasteiger partial charge is 0.271 e. The average molecular weight is 386 g/mol. The van der Waals surface area contributed by atoms with Gasteiger partial charge in [0.1, 0.15) is 5.75 Å². The molecule has 0 spiro atoms. The van der Waals surface area contributed by atoms with E-state index in [1.165, 1.54) is 0 Å². The standard InChI is InChI=1S/C24H22N2O3/c1-28-21-14-12-19(13-15-21)22-16-23(29-25-22)24(27)26(20-10-6-3-7-11-20)17-18-8-4-2-5-9-18/h2-15,23H,16-17H2,1H3. The summed E-state index contributed by atoms with van der Waals surface area (Å²) in [5.41, 5.74) is 3.58. The number of anilines is 1. The Morgan fingerprint density at radius 2 is 1.66 bits per heavy atom. The topological polar surface area (TPSA) is 51.1 Å². The van der Waals surface area contributed by atoms with Crippen LogP contribution in [0.15, 0.2) is 90.1 Å². The van der Waals surface area contributed by atoms with Crippen LogP contribution in [0.4, 0.5) is 5.69 Å². The molecule has 1 aliphatic heterocycles. The van der Waals surface area contributed by atoms with E-state index >= 15 is 0 Å². The fourth-order valence-electron chi connectivity index (χ4n) is 3.31. The number of oxime groups is 1. The Morgan fingerprint density at radius 1 is 1.00 bits per heavy atom. The molecule has 0 bridgehead atoms. The normalized spacial score (nSPS) is 15.3. The summed E-state index contributed by atoms with van der Waals surface area (Å²) in [4.78, 5) is 20.6. The number of benzene rings is 3. The summed E-state index contributed by atoms with van der Waals surface area (Å²) in [6.07, 6.45) is -0.209. The lowest BCUT2D eigenvalue weighted by molar-refractivity contribution is -0.128. The molecule has 146 valence electrons. The highest BCUT2D eigenvalue weighted by atomic mass is 16.6. The predicted molar refractivity (Wildman–Crippen MR) is 113 cm³/mol. The third-order valence-electron chi connectivity index (χ3n) is 4.88. The Balaban J connectivity index is 1.52. The molecule has 3 aromatic carbocycles. The van der Waals surface area contributed by atoms with Gasteiger partial charge in [0.05, 0.1) is 19.4 Å². The first kappa shape index (κ1) is 18.7. The minimum Gasteiger partial charge on any atom is -0.497 e. The van der Waals surface area contributed by atoms with Crippen molar-refractivity contribution < 1.29 is 14.4 Å². The van der Waals surface area contributed by atoms with Gasteiger partial charge >= 0.3 is 0 Å². The van der Waals surface area contributed by atoms with Crippen molar-refractivity contribution in [3.63, 3.8) is 0 Å². The molecular formula is C24H22N2O3. The molecule has 1 heterocycles. The number of ether oxygens (including phenoxy) is 1. The van der Waals surface area contributed by atoms with Crippen molar-refractivity contribution >= 4 is 17.3 Å². The Kier molecular flexibility index (Phi) is 5.56. The molecule has 1 amide bonds. The lowest BCUT2D eigenvalue weighted by Crippen LogP contribution is -2.39. The van der Waals surface area contributed by atoms with Crippen LogP contribution in [0.3, 0.4) is 0 Å². The van der Waals surface area contributed by atoms with Gasteiger partial charge in [-0.1, -0.05) is 53.7 Å². The lowest BCUT2D eigenvalue weighted by atomic mass is 10.0. The third kappa shape index (κ3) is 4.29. The highest BCUT2D eigenvalue weighted by molar-refractivity contribution is 6.06. The van der Waals surface area contributed by atoms with Crippen LogP contribution >= 0.6 is 0 Å². The molecule has 29 heavy (non-hydrogen) atoms. The van der Waals surface area contributed by atoms with E-state index in [1.54, 1.807) is 12.0 Å². The van der Waals surface area contributed by atoms with E-state index in [-0.39, 0.29) is 5.91 Å². The summed E-state index contributed by atoms with van der Waals surface area (Å²) in [5.74, 6) is 0.673. The number of amides is 1. The van der Waals surface area contributed by atoms with Crippen molar-refractivity contribution in [1.29, 1.82) is 0 Å². The van der Waals surface area contributed by atoms with Crippen LogP contribution in [0.2, 0.25) is 0 Å². The number of hydrogen-bond donors (Lipinski definition) is 0. The highest BCUT2D eigenvalue weighted by Gasteiger charge is 2.33. The first-order valence-corrected chi connectivity index (χ1v) is 9.52. The second-order valence-electron chi connectivity index (χ2n) is 6.81. The number of methoxy groups -OCH3 is 1. The quantitative estimate of drug-likeness (QED) is 0.630. The van der Waals surface area contributed by atoms with Crippen LogP contribution in [-0.2, 0) is 16.2 Å². The van der Waals surface area contributed by atoms with Gasteiger partial charge in [0.15, 0.2) is 0 Å². The number of carbonyl (C=O) groups excluding carboxylic acids is 1. The first-order chi connectivity index (χ1) is 14.2. The molecule has 1 unspecified atom stereocenters. The molecule has 0 saturated heterocycles. The van der Waals surface area contributed by atoms with Crippen LogP contribution in [0.5, 0.6) is 5.75 Å². The van der Waals surface area contributed by atoms with Crippen molar-refractivity contribution in [3.05, 3.63) is 96.1 Å². The summed E-state index contributed by atoms with van der Waals surface area (Å²) in [6, 6.07) is 27.2. The average Bonchev–Trinajstić information content (AvgIpc) is 3.29.